The van der Waals surface area contributed by atoms with Crippen LogP contribution in [0.5, 0.6) is 0 Å². The molecule has 0 aliphatic carbocycles. The Morgan fingerprint density at radius 1 is 1.44 bits per heavy atom. The molecule has 8 heteroatoms. The smallest absolute Gasteiger partial charge is 0.254 e. The zero-order valence-electron chi connectivity index (χ0n) is 9.23. The molecule has 1 saturated heterocycles. The van der Waals surface area contributed by atoms with Crippen LogP contribution in [0.15, 0.2) is 17.1 Å². The molecule has 2 rings (SSSR count). The monoisotopic (exact) mass is 260 g/mol. The van der Waals surface area contributed by atoms with Gasteiger partial charge in [-0.25, -0.2) is 4.39 Å². The van der Waals surface area contributed by atoms with E-state index in [1.165, 1.54) is 0 Å². The average molecular weight is 260 g/mol. The summed E-state index contributed by atoms with van der Waals surface area (Å²) in [5.41, 5.74) is 4.23. The number of aliphatic hydroxyl groups is 3. The second-order valence-electron chi connectivity index (χ2n) is 4.05. The molecule has 100 valence electrons. The second-order valence-corrected chi connectivity index (χ2v) is 4.05. The molecule has 0 radical (unpaired) electrons. The molecule has 1 fully saturated rings. The van der Waals surface area contributed by atoms with E-state index in [1.807, 2.05) is 0 Å². The minimum absolute atomic E-state index is 0.317. The first kappa shape index (κ1) is 13.0. The minimum atomic E-state index is -1.44. The third-order valence-electron chi connectivity index (χ3n) is 2.85. The predicted octanol–water partition coefficient (Wildman–Crippen LogP) is -1.82. The Bertz CT molecular complexity index is 506. The number of rotatable bonds is 2. The van der Waals surface area contributed by atoms with Gasteiger partial charge in [-0.3, -0.25) is 9.36 Å². The summed E-state index contributed by atoms with van der Waals surface area (Å²) in [4.78, 5) is 11.6. The van der Waals surface area contributed by atoms with Crippen molar-refractivity contribution in [1.29, 1.82) is 0 Å². The molecule has 1 aliphatic rings. The molecule has 1 aromatic rings. The van der Waals surface area contributed by atoms with E-state index in [2.05, 4.69) is 0 Å². The molecular formula is C10H13FN2O5. The number of nitrogen functional groups attached to an aromatic ring is 1. The largest absolute Gasteiger partial charge is 0.396 e. The summed E-state index contributed by atoms with van der Waals surface area (Å²) in [5.74, 6) is -0.840. The minimum Gasteiger partial charge on any atom is -0.396 e. The molecule has 0 bridgehead atoms. The molecule has 0 amide bonds. The lowest BCUT2D eigenvalue weighted by Gasteiger charge is -2.17. The van der Waals surface area contributed by atoms with Gasteiger partial charge >= 0.3 is 0 Å². The van der Waals surface area contributed by atoms with Gasteiger partial charge in [0, 0.05) is 12.3 Å². The first-order valence-corrected chi connectivity index (χ1v) is 5.25. The van der Waals surface area contributed by atoms with Gasteiger partial charge in [-0.1, -0.05) is 0 Å². The molecule has 1 aromatic heterocycles. The van der Waals surface area contributed by atoms with Crippen molar-refractivity contribution in [3.05, 3.63) is 28.4 Å². The highest BCUT2D eigenvalue weighted by Gasteiger charge is 2.43. The lowest BCUT2D eigenvalue weighted by atomic mass is 10.1. The lowest BCUT2D eigenvalue weighted by molar-refractivity contribution is -0.0547. The number of hydrogen-bond acceptors (Lipinski definition) is 6. The Balaban J connectivity index is 2.39. The van der Waals surface area contributed by atoms with E-state index in [9.17, 15) is 19.4 Å². The van der Waals surface area contributed by atoms with Crippen molar-refractivity contribution in [2.24, 2.45) is 0 Å². The molecule has 4 atom stereocenters. The molecule has 18 heavy (non-hydrogen) atoms. The van der Waals surface area contributed by atoms with Gasteiger partial charge < -0.3 is 25.8 Å². The summed E-state index contributed by atoms with van der Waals surface area (Å²) in [6, 6.07) is 0.851. The SMILES string of the molecule is Nc1cc(=O)n(C2O[C@H](CO)[C@@H](O)[C@H]2O)cc1F. The Morgan fingerprint density at radius 3 is 2.67 bits per heavy atom. The van der Waals surface area contributed by atoms with Gasteiger partial charge in [0.25, 0.3) is 5.56 Å². The van der Waals surface area contributed by atoms with Gasteiger partial charge in [-0.2, -0.15) is 0 Å². The van der Waals surface area contributed by atoms with Gasteiger partial charge in [0.05, 0.1) is 12.3 Å². The summed E-state index contributed by atoms with van der Waals surface area (Å²) in [6.07, 6.45) is -4.30. The fraction of sp³-hybridized carbons (Fsp3) is 0.500. The fourth-order valence-corrected chi connectivity index (χ4v) is 1.85. The normalized spacial score (nSPS) is 31.8. The van der Waals surface area contributed by atoms with E-state index in [0.29, 0.717) is 0 Å². The van der Waals surface area contributed by atoms with Gasteiger partial charge in [0.2, 0.25) is 0 Å². The quantitative estimate of drug-likeness (QED) is 0.497. The number of nitrogens with zero attached hydrogens (tertiary/aromatic N) is 1. The number of pyridine rings is 1. The summed E-state index contributed by atoms with van der Waals surface area (Å²) < 4.78 is 19.2. The second kappa shape index (κ2) is 4.65. The number of aliphatic hydroxyl groups excluding tert-OH is 3. The molecule has 5 N–H and O–H groups in total. The molecule has 2 heterocycles. The fourth-order valence-electron chi connectivity index (χ4n) is 1.85. The van der Waals surface area contributed by atoms with Crippen LogP contribution in [0.1, 0.15) is 6.23 Å². The van der Waals surface area contributed by atoms with Crippen LogP contribution in [-0.2, 0) is 4.74 Å². The Kier molecular flexibility index (Phi) is 3.35. The summed E-state index contributed by atoms with van der Waals surface area (Å²) in [7, 11) is 0. The van der Waals surface area contributed by atoms with E-state index in [1.54, 1.807) is 0 Å². The van der Waals surface area contributed by atoms with E-state index >= 15 is 0 Å². The maximum Gasteiger partial charge on any atom is 0.254 e. The standard InChI is InChI=1S/C10H13FN2O5/c11-4-2-13(7(15)1-5(4)12)10-9(17)8(16)6(3-14)18-10/h1-2,6,8-10,14,16-17H,3,12H2/t6-,8-,9-,10?/m1/s1. The number of halogens is 1. The number of hydrogen-bond donors (Lipinski definition) is 4. The van der Waals surface area contributed by atoms with Gasteiger partial charge in [0.1, 0.15) is 18.3 Å². The van der Waals surface area contributed by atoms with Crippen LogP contribution in [0.25, 0.3) is 0 Å². The van der Waals surface area contributed by atoms with Crippen molar-refractivity contribution >= 4 is 5.69 Å². The topological polar surface area (TPSA) is 118 Å². The number of anilines is 1. The number of ether oxygens (including phenoxy) is 1. The molecule has 0 spiro atoms. The average Bonchev–Trinajstić information content (AvgIpc) is 2.61. The van der Waals surface area contributed by atoms with Crippen molar-refractivity contribution in [2.45, 2.75) is 24.5 Å². The van der Waals surface area contributed by atoms with Gasteiger partial charge in [0.15, 0.2) is 12.0 Å². The van der Waals surface area contributed by atoms with E-state index in [0.717, 1.165) is 16.8 Å². The Labute approximate surface area is 101 Å². The van der Waals surface area contributed by atoms with Crippen LogP contribution in [-0.4, -0.2) is 44.8 Å². The van der Waals surface area contributed by atoms with Crippen molar-refractivity contribution < 1.29 is 24.4 Å². The highest BCUT2D eigenvalue weighted by atomic mass is 19.1. The summed E-state index contributed by atoms with van der Waals surface area (Å²) in [6.45, 7) is -0.527. The van der Waals surface area contributed by atoms with Crippen LogP contribution in [0.2, 0.25) is 0 Å². The van der Waals surface area contributed by atoms with Crippen molar-refractivity contribution in [3.63, 3.8) is 0 Å². The van der Waals surface area contributed by atoms with Gasteiger partial charge in [-0.05, 0) is 0 Å². The highest BCUT2D eigenvalue weighted by molar-refractivity contribution is 5.36. The number of nitrogens with two attached hydrogens (primary N) is 1. The van der Waals surface area contributed by atoms with Crippen molar-refractivity contribution in [1.82, 2.24) is 4.57 Å². The maximum atomic E-state index is 13.3. The van der Waals surface area contributed by atoms with Crippen LogP contribution < -0.4 is 11.3 Å². The van der Waals surface area contributed by atoms with Crippen LogP contribution in [0.3, 0.4) is 0 Å². The van der Waals surface area contributed by atoms with E-state index < -0.39 is 42.5 Å². The van der Waals surface area contributed by atoms with E-state index in [-0.39, 0.29) is 5.69 Å². The third kappa shape index (κ3) is 1.99. The predicted molar refractivity (Wildman–Crippen MR) is 58.1 cm³/mol. The first-order chi connectivity index (χ1) is 8.45. The first-order valence-electron chi connectivity index (χ1n) is 5.25. The molecule has 1 unspecified atom stereocenters. The van der Waals surface area contributed by atoms with Crippen molar-refractivity contribution in [2.75, 3.05) is 12.3 Å². The summed E-state index contributed by atoms with van der Waals surface area (Å²) in [5, 5.41) is 28.1. The molecule has 7 nitrogen and oxygen atoms in total. The zero-order chi connectivity index (χ0) is 13.4. The molecule has 1 aliphatic heterocycles. The summed E-state index contributed by atoms with van der Waals surface area (Å²) >= 11 is 0. The third-order valence-corrected chi connectivity index (χ3v) is 2.85. The Morgan fingerprint density at radius 2 is 2.11 bits per heavy atom. The Hall–Kier alpha value is -1.48. The maximum absolute atomic E-state index is 13.3. The van der Waals surface area contributed by atoms with Crippen LogP contribution in [0, 0.1) is 5.82 Å². The molecule has 0 saturated carbocycles. The zero-order valence-corrected chi connectivity index (χ0v) is 9.23. The van der Waals surface area contributed by atoms with E-state index in [4.69, 9.17) is 15.6 Å². The van der Waals surface area contributed by atoms with Crippen molar-refractivity contribution in [3.8, 4) is 0 Å². The molecule has 0 aromatic carbocycles. The van der Waals surface area contributed by atoms with Crippen LogP contribution in [0.4, 0.5) is 10.1 Å². The van der Waals surface area contributed by atoms with Gasteiger partial charge in [-0.15, -0.1) is 0 Å². The number of aromatic nitrogens is 1. The highest BCUT2D eigenvalue weighted by Crippen LogP contribution is 2.28. The van der Waals surface area contributed by atoms with Crippen LogP contribution >= 0.6 is 0 Å². The molecular weight excluding hydrogens is 247 g/mol. The lowest BCUT2D eigenvalue weighted by Crippen LogP contribution is -2.35.